The highest BCUT2D eigenvalue weighted by Crippen LogP contribution is 2.27. The Morgan fingerprint density at radius 2 is 1.68 bits per heavy atom. The first-order valence-electron chi connectivity index (χ1n) is 9.60. The maximum absolute atomic E-state index is 12.2. The third-order valence-corrected chi connectivity index (χ3v) is 4.92. The Hall–Kier alpha value is -2.78. The average molecular weight is 468 g/mol. The Bertz CT molecular complexity index is 971. The number of halogens is 2. The highest BCUT2D eigenvalue weighted by atomic mass is 35.5. The van der Waals surface area contributed by atoms with E-state index in [1.165, 1.54) is 0 Å². The molecule has 0 unspecified atom stereocenters. The quantitative estimate of drug-likeness (QED) is 0.506. The molecule has 1 aromatic carbocycles. The molecule has 0 saturated carbocycles. The lowest BCUT2D eigenvalue weighted by Gasteiger charge is -2.36. The summed E-state index contributed by atoms with van der Waals surface area (Å²) in [5, 5.41) is 11.9. The van der Waals surface area contributed by atoms with Crippen molar-refractivity contribution in [2.24, 2.45) is 0 Å². The van der Waals surface area contributed by atoms with E-state index in [2.05, 4.69) is 20.2 Å². The van der Waals surface area contributed by atoms with Crippen LogP contribution < -0.4 is 10.2 Å². The van der Waals surface area contributed by atoms with Crippen LogP contribution in [0.2, 0.25) is 10.4 Å². The van der Waals surface area contributed by atoms with E-state index >= 15 is 0 Å². The van der Waals surface area contributed by atoms with Gasteiger partial charge in [-0.05, 0) is 56.6 Å². The molecule has 1 saturated heterocycles. The molecule has 3 rings (SSSR count). The molecule has 0 radical (unpaired) electrons. The predicted molar refractivity (Wildman–Crippen MR) is 119 cm³/mol. The first-order chi connectivity index (χ1) is 14.5. The fraction of sp³-hybridized carbons (Fsp3) is 0.400. The van der Waals surface area contributed by atoms with Crippen molar-refractivity contribution in [3.8, 4) is 0 Å². The van der Waals surface area contributed by atoms with Crippen LogP contribution in [0.3, 0.4) is 0 Å². The number of anilines is 3. The van der Waals surface area contributed by atoms with Gasteiger partial charge in [-0.25, -0.2) is 14.6 Å². The monoisotopic (exact) mass is 467 g/mol. The molecule has 31 heavy (non-hydrogen) atoms. The maximum Gasteiger partial charge on any atom is 0.410 e. The summed E-state index contributed by atoms with van der Waals surface area (Å²) in [6, 6.07) is 7.39. The lowest BCUT2D eigenvalue weighted by molar-refractivity contribution is 0.0240. The SMILES string of the molecule is CC(C)(C)OC(=O)N1CCN(c2ccc(Nc3nc(Cl)nc(Cl)c3C(=O)O)cc2)CC1. The van der Waals surface area contributed by atoms with Crippen LogP contribution in [-0.2, 0) is 4.74 Å². The summed E-state index contributed by atoms with van der Waals surface area (Å²) >= 11 is 11.7. The molecule has 1 amide bonds. The number of nitrogens with zero attached hydrogens (tertiary/aromatic N) is 4. The van der Waals surface area contributed by atoms with Gasteiger partial charge in [-0.2, -0.15) is 4.98 Å². The average Bonchev–Trinajstić information content (AvgIpc) is 2.66. The van der Waals surface area contributed by atoms with E-state index in [1.807, 2.05) is 32.9 Å². The van der Waals surface area contributed by atoms with E-state index in [0.29, 0.717) is 31.9 Å². The predicted octanol–water partition coefficient (Wildman–Crippen LogP) is 4.28. The van der Waals surface area contributed by atoms with Crippen LogP contribution in [0.4, 0.5) is 22.0 Å². The molecule has 2 heterocycles. The van der Waals surface area contributed by atoms with Crippen molar-refractivity contribution in [2.75, 3.05) is 36.4 Å². The zero-order chi connectivity index (χ0) is 22.8. The molecule has 9 nitrogen and oxygen atoms in total. The van der Waals surface area contributed by atoms with Crippen LogP contribution in [0.1, 0.15) is 31.1 Å². The molecule has 166 valence electrons. The highest BCUT2D eigenvalue weighted by Gasteiger charge is 2.26. The molecule has 1 fully saturated rings. The number of carbonyl (C=O) groups excluding carboxylic acids is 1. The molecule has 1 aromatic heterocycles. The summed E-state index contributed by atoms with van der Waals surface area (Å²) in [5.41, 5.74) is 0.819. The number of benzene rings is 1. The fourth-order valence-electron chi connectivity index (χ4n) is 3.05. The van der Waals surface area contributed by atoms with Crippen molar-refractivity contribution in [3.63, 3.8) is 0 Å². The Morgan fingerprint density at radius 1 is 1.06 bits per heavy atom. The minimum Gasteiger partial charge on any atom is -0.477 e. The van der Waals surface area contributed by atoms with E-state index in [-0.39, 0.29) is 27.9 Å². The van der Waals surface area contributed by atoms with Crippen LogP contribution in [0.25, 0.3) is 0 Å². The number of carboxylic acids is 1. The summed E-state index contributed by atoms with van der Waals surface area (Å²) in [7, 11) is 0. The first-order valence-corrected chi connectivity index (χ1v) is 10.4. The van der Waals surface area contributed by atoms with E-state index in [4.69, 9.17) is 27.9 Å². The molecule has 0 bridgehead atoms. The van der Waals surface area contributed by atoms with Gasteiger partial charge in [0.05, 0.1) is 0 Å². The van der Waals surface area contributed by atoms with Gasteiger partial charge in [-0.15, -0.1) is 0 Å². The van der Waals surface area contributed by atoms with Crippen molar-refractivity contribution in [1.29, 1.82) is 0 Å². The van der Waals surface area contributed by atoms with Gasteiger partial charge in [0.25, 0.3) is 0 Å². The molecule has 2 aromatic rings. The smallest absolute Gasteiger partial charge is 0.410 e. The molecule has 0 spiro atoms. The number of rotatable bonds is 4. The lowest BCUT2D eigenvalue weighted by Crippen LogP contribution is -2.50. The largest absolute Gasteiger partial charge is 0.477 e. The summed E-state index contributed by atoms with van der Waals surface area (Å²) in [6.07, 6.45) is -0.303. The van der Waals surface area contributed by atoms with Crippen molar-refractivity contribution in [3.05, 3.63) is 40.3 Å². The standard InChI is InChI=1S/C20H23Cl2N5O4/c1-20(2,3)31-19(30)27-10-8-26(9-11-27)13-6-4-12(5-7-13)23-16-14(17(28)29)15(21)24-18(22)25-16/h4-7H,8-11H2,1-3H3,(H,28,29)(H,23,24,25). The summed E-state index contributed by atoms with van der Waals surface area (Å²) in [4.78, 5) is 35.1. The number of ether oxygens (including phenoxy) is 1. The van der Waals surface area contributed by atoms with Gasteiger partial charge in [0.1, 0.15) is 11.2 Å². The summed E-state index contributed by atoms with van der Waals surface area (Å²) < 4.78 is 5.42. The fourth-order valence-corrected chi connectivity index (χ4v) is 3.52. The molecule has 2 N–H and O–H groups in total. The molecule has 11 heteroatoms. The second-order valence-corrected chi connectivity index (χ2v) is 8.63. The van der Waals surface area contributed by atoms with Gasteiger partial charge in [-0.3, -0.25) is 0 Å². The second-order valence-electron chi connectivity index (χ2n) is 7.94. The Morgan fingerprint density at radius 3 is 2.23 bits per heavy atom. The molecular formula is C20H23Cl2N5O4. The van der Waals surface area contributed by atoms with Gasteiger partial charge in [-0.1, -0.05) is 11.6 Å². The Balaban J connectivity index is 1.65. The minimum absolute atomic E-state index is 0.0104. The van der Waals surface area contributed by atoms with Crippen LogP contribution in [0.15, 0.2) is 24.3 Å². The number of carbonyl (C=O) groups is 2. The number of piperazine rings is 1. The van der Waals surface area contributed by atoms with Gasteiger partial charge in [0.2, 0.25) is 5.28 Å². The van der Waals surface area contributed by atoms with E-state index in [9.17, 15) is 14.7 Å². The van der Waals surface area contributed by atoms with Crippen LogP contribution in [-0.4, -0.2) is 63.8 Å². The highest BCUT2D eigenvalue weighted by molar-refractivity contribution is 6.34. The number of carboxylic acid groups (broad SMARTS) is 1. The summed E-state index contributed by atoms with van der Waals surface area (Å²) in [5.74, 6) is -1.25. The number of amides is 1. The van der Waals surface area contributed by atoms with E-state index in [0.717, 1.165) is 5.69 Å². The molecule has 1 aliphatic rings. The van der Waals surface area contributed by atoms with Crippen LogP contribution in [0, 0.1) is 0 Å². The van der Waals surface area contributed by atoms with Crippen molar-refractivity contribution >= 4 is 52.5 Å². The van der Waals surface area contributed by atoms with Gasteiger partial charge in [0.15, 0.2) is 11.0 Å². The Kier molecular flexibility index (Phi) is 6.76. The normalized spacial score (nSPS) is 14.4. The number of aromatic carboxylic acids is 1. The van der Waals surface area contributed by atoms with E-state index < -0.39 is 11.6 Å². The number of aromatic nitrogens is 2. The topological polar surface area (TPSA) is 108 Å². The third kappa shape index (κ3) is 5.89. The molecule has 0 aliphatic carbocycles. The van der Waals surface area contributed by atoms with Crippen LogP contribution >= 0.6 is 23.2 Å². The molecule has 1 aliphatic heterocycles. The van der Waals surface area contributed by atoms with Gasteiger partial charge < -0.3 is 25.0 Å². The van der Waals surface area contributed by atoms with E-state index in [1.54, 1.807) is 17.0 Å². The first kappa shape index (κ1) is 22.9. The second kappa shape index (κ2) is 9.15. The Labute approximate surface area is 189 Å². The van der Waals surface area contributed by atoms with Crippen molar-refractivity contribution < 1.29 is 19.4 Å². The minimum atomic E-state index is -1.26. The summed E-state index contributed by atoms with van der Waals surface area (Å²) in [6.45, 7) is 8.01. The van der Waals surface area contributed by atoms with Crippen molar-refractivity contribution in [2.45, 2.75) is 26.4 Å². The van der Waals surface area contributed by atoms with Gasteiger partial charge in [0, 0.05) is 37.6 Å². The molecule has 0 atom stereocenters. The third-order valence-electron chi connectivity index (χ3n) is 4.48. The zero-order valence-corrected chi connectivity index (χ0v) is 18.9. The zero-order valence-electron chi connectivity index (χ0n) is 17.4. The van der Waals surface area contributed by atoms with Crippen molar-refractivity contribution in [1.82, 2.24) is 14.9 Å². The number of hydrogen-bond acceptors (Lipinski definition) is 7. The number of nitrogens with one attached hydrogen (secondary N) is 1. The van der Waals surface area contributed by atoms with Gasteiger partial charge >= 0.3 is 12.1 Å². The maximum atomic E-state index is 12.2. The molecular weight excluding hydrogens is 445 g/mol. The lowest BCUT2D eigenvalue weighted by atomic mass is 10.2. The number of hydrogen-bond donors (Lipinski definition) is 2. The van der Waals surface area contributed by atoms with Crippen LogP contribution in [0.5, 0.6) is 0 Å².